The number of anilines is 1. The summed E-state index contributed by atoms with van der Waals surface area (Å²) >= 11 is 0. The van der Waals surface area contributed by atoms with Crippen molar-refractivity contribution in [1.29, 1.82) is 0 Å². The van der Waals surface area contributed by atoms with Crippen molar-refractivity contribution >= 4 is 29.5 Å². The molecule has 1 N–H and O–H groups in total. The molecule has 34 heavy (non-hydrogen) atoms. The smallest absolute Gasteiger partial charge is 0.363 e. The molecule has 8 heteroatoms. The third-order valence-corrected chi connectivity index (χ3v) is 4.92. The predicted molar refractivity (Wildman–Crippen MR) is 125 cm³/mol. The van der Waals surface area contributed by atoms with Crippen molar-refractivity contribution in [3.05, 3.63) is 94.9 Å². The van der Waals surface area contributed by atoms with Crippen LogP contribution < -0.4 is 14.8 Å². The van der Waals surface area contributed by atoms with Crippen LogP contribution in [-0.4, -0.2) is 24.9 Å². The van der Waals surface area contributed by atoms with E-state index in [0.29, 0.717) is 33.9 Å². The second-order valence-electron chi connectivity index (χ2n) is 7.35. The van der Waals surface area contributed by atoms with E-state index >= 15 is 0 Å². The van der Waals surface area contributed by atoms with Crippen molar-refractivity contribution in [2.45, 2.75) is 13.5 Å². The monoisotopic (exact) mass is 460 g/mol. The number of cyclic esters (lactones) is 1. The van der Waals surface area contributed by atoms with Gasteiger partial charge in [-0.1, -0.05) is 30.3 Å². The maximum absolute atomic E-state index is 14.0. The average Bonchev–Trinajstić information content (AvgIpc) is 3.19. The summed E-state index contributed by atoms with van der Waals surface area (Å²) in [6.07, 6.45) is 1.53. The molecule has 3 aromatic carbocycles. The fourth-order valence-electron chi connectivity index (χ4n) is 3.31. The number of carbonyl (C=O) groups excluding carboxylic acids is 2. The molecule has 0 unspecified atom stereocenters. The number of aliphatic imine (C=N–C) groups is 1. The van der Waals surface area contributed by atoms with Gasteiger partial charge in [-0.25, -0.2) is 14.2 Å². The molecule has 3 aromatic rings. The summed E-state index contributed by atoms with van der Waals surface area (Å²) in [6.45, 7) is 1.39. The average molecular weight is 460 g/mol. The number of carbonyl (C=O) groups is 2. The number of rotatable bonds is 7. The molecule has 4 rings (SSSR count). The molecular formula is C26H21FN2O5. The maximum atomic E-state index is 14.0. The van der Waals surface area contributed by atoms with Crippen molar-refractivity contribution in [2.75, 3.05) is 12.4 Å². The lowest BCUT2D eigenvalue weighted by Gasteiger charge is -2.14. The lowest BCUT2D eigenvalue weighted by Crippen LogP contribution is -2.07. The van der Waals surface area contributed by atoms with Crippen LogP contribution in [0, 0.1) is 5.82 Å². The molecule has 172 valence electrons. The summed E-state index contributed by atoms with van der Waals surface area (Å²) in [4.78, 5) is 28.0. The standard InChI is InChI=1S/C26H21FN2O5/c1-16(30)28-20-12-10-17(11-13-20)25-29-22(26(31)34-25)14-18-7-5-9-23(32-2)24(18)33-15-19-6-3-4-8-21(19)27/h3-14H,15H2,1-2H3,(H,28,30)/b22-14-. The van der Waals surface area contributed by atoms with Crippen LogP contribution in [0.3, 0.4) is 0 Å². The van der Waals surface area contributed by atoms with Gasteiger partial charge in [0.25, 0.3) is 0 Å². The Morgan fingerprint density at radius 2 is 1.85 bits per heavy atom. The second-order valence-corrected chi connectivity index (χ2v) is 7.35. The van der Waals surface area contributed by atoms with E-state index in [0.717, 1.165) is 0 Å². The summed E-state index contributed by atoms with van der Waals surface area (Å²) in [7, 11) is 1.49. The minimum absolute atomic E-state index is 0.0250. The highest BCUT2D eigenvalue weighted by molar-refractivity contribution is 6.13. The van der Waals surface area contributed by atoms with Gasteiger partial charge < -0.3 is 19.5 Å². The molecule has 0 saturated heterocycles. The van der Waals surface area contributed by atoms with Gasteiger partial charge >= 0.3 is 5.97 Å². The zero-order valence-electron chi connectivity index (χ0n) is 18.5. The summed E-state index contributed by atoms with van der Waals surface area (Å²) in [5.41, 5.74) is 2.17. The number of hydrogen-bond donors (Lipinski definition) is 1. The van der Waals surface area contributed by atoms with Crippen LogP contribution >= 0.6 is 0 Å². The van der Waals surface area contributed by atoms with E-state index in [1.54, 1.807) is 60.7 Å². The Hall–Kier alpha value is -4.46. The highest BCUT2D eigenvalue weighted by Crippen LogP contribution is 2.34. The van der Waals surface area contributed by atoms with Crippen molar-refractivity contribution < 1.29 is 28.2 Å². The van der Waals surface area contributed by atoms with Gasteiger partial charge in [-0.05, 0) is 42.5 Å². The number of halogens is 1. The number of ether oxygens (including phenoxy) is 3. The molecule has 0 bridgehead atoms. The van der Waals surface area contributed by atoms with E-state index in [1.165, 1.54) is 26.2 Å². The Balaban J connectivity index is 1.61. The SMILES string of the molecule is COc1cccc(/C=C2\N=C(c3ccc(NC(C)=O)cc3)OC2=O)c1OCc1ccccc1F. The van der Waals surface area contributed by atoms with Crippen molar-refractivity contribution in [3.8, 4) is 11.5 Å². The lowest BCUT2D eigenvalue weighted by molar-refractivity contribution is -0.129. The molecule has 7 nitrogen and oxygen atoms in total. The molecule has 0 aromatic heterocycles. The van der Waals surface area contributed by atoms with Crippen LogP contribution in [0.4, 0.5) is 10.1 Å². The molecule has 0 fully saturated rings. The Labute approximate surface area is 195 Å². The number of amides is 1. The Morgan fingerprint density at radius 1 is 1.09 bits per heavy atom. The van der Waals surface area contributed by atoms with Gasteiger partial charge in [-0.3, -0.25) is 4.79 Å². The van der Waals surface area contributed by atoms with Crippen LogP contribution in [0.1, 0.15) is 23.6 Å². The first-order valence-corrected chi connectivity index (χ1v) is 10.4. The molecule has 1 amide bonds. The minimum Gasteiger partial charge on any atom is -0.493 e. The van der Waals surface area contributed by atoms with E-state index in [1.807, 2.05) is 0 Å². The first-order valence-electron chi connectivity index (χ1n) is 10.4. The van der Waals surface area contributed by atoms with Gasteiger partial charge in [0.2, 0.25) is 11.8 Å². The summed E-state index contributed by atoms with van der Waals surface area (Å²) < 4.78 is 30.6. The number of esters is 1. The van der Waals surface area contributed by atoms with Crippen molar-refractivity contribution in [2.24, 2.45) is 4.99 Å². The third kappa shape index (κ3) is 5.12. The van der Waals surface area contributed by atoms with E-state index in [4.69, 9.17) is 14.2 Å². The molecule has 1 aliphatic heterocycles. The maximum Gasteiger partial charge on any atom is 0.363 e. The summed E-state index contributed by atoms with van der Waals surface area (Å²) in [6, 6.07) is 18.2. The van der Waals surface area contributed by atoms with Gasteiger partial charge in [0.1, 0.15) is 12.4 Å². The van der Waals surface area contributed by atoms with Crippen LogP contribution in [-0.2, 0) is 20.9 Å². The van der Waals surface area contributed by atoms with Gasteiger partial charge in [-0.15, -0.1) is 0 Å². The van der Waals surface area contributed by atoms with Gasteiger partial charge in [0.05, 0.1) is 7.11 Å². The van der Waals surface area contributed by atoms with E-state index in [2.05, 4.69) is 10.3 Å². The zero-order chi connectivity index (χ0) is 24.1. The number of nitrogens with one attached hydrogen (secondary N) is 1. The summed E-state index contributed by atoms with van der Waals surface area (Å²) in [5.74, 6) is -0.276. The molecule has 0 saturated carbocycles. The van der Waals surface area contributed by atoms with E-state index < -0.39 is 5.97 Å². The number of para-hydroxylation sites is 1. The Bertz CT molecular complexity index is 1300. The largest absolute Gasteiger partial charge is 0.493 e. The molecule has 0 radical (unpaired) electrons. The molecule has 0 spiro atoms. The van der Waals surface area contributed by atoms with Crippen molar-refractivity contribution in [1.82, 2.24) is 0 Å². The lowest BCUT2D eigenvalue weighted by atomic mass is 10.1. The first kappa shape index (κ1) is 22.7. The minimum atomic E-state index is -0.621. The predicted octanol–water partition coefficient (Wildman–Crippen LogP) is 4.72. The summed E-state index contributed by atoms with van der Waals surface area (Å²) in [5, 5.41) is 2.67. The molecule has 0 aliphatic carbocycles. The van der Waals surface area contributed by atoms with Crippen LogP contribution in [0.5, 0.6) is 11.5 Å². The number of benzene rings is 3. The van der Waals surface area contributed by atoms with Crippen LogP contribution in [0.25, 0.3) is 6.08 Å². The van der Waals surface area contributed by atoms with Crippen molar-refractivity contribution in [3.63, 3.8) is 0 Å². The molecule has 1 heterocycles. The Morgan fingerprint density at radius 3 is 2.56 bits per heavy atom. The van der Waals surface area contributed by atoms with Gasteiger partial charge in [0.15, 0.2) is 17.2 Å². The molecular weight excluding hydrogens is 439 g/mol. The fourth-order valence-corrected chi connectivity index (χ4v) is 3.31. The Kier molecular flexibility index (Phi) is 6.68. The highest BCUT2D eigenvalue weighted by Gasteiger charge is 2.25. The normalized spacial score (nSPS) is 13.9. The van der Waals surface area contributed by atoms with Crippen LogP contribution in [0.15, 0.2) is 77.4 Å². The van der Waals surface area contributed by atoms with E-state index in [-0.39, 0.29) is 29.9 Å². The number of nitrogens with zero attached hydrogens (tertiary/aromatic N) is 1. The molecule has 1 aliphatic rings. The van der Waals surface area contributed by atoms with E-state index in [9.17, 15) is 14.0 Å². The number of methoxy groups -OCH3 is 1. The quantitative estimate of drug-likeness (QED) is 0.407. The first-order chi connectivity index (χ1) is 16.4. The van der Waals surface area contributed by atoms with Gasteiger partial charge in [-0.2, -0.15) is 0 Å². The fraction of sp³-hybridized carbons (Fsp3) is 0.115. The number of hydrogen-bond acceptors (Lipinski definition) is 6. The highest BCUT2D eigenvalue weighted by atomic mass is 19.1. The zero-order valence-corrected chi connectivity index (χ0v) is 18.5. The topological polar surface area (TPSA) is 86.2 Å². The molecule has 0 atom stereocenters. The third-order valence-electron chi connectivity index (χ3n) is 4.92. The second kappa shape index (κ2) is 9.99. The van der Waals surface area contributed by atoms with Gasteiger partial charge in [0, 0.05) is 29.3 Å². The van der Waals surface area contributed by atoms with Crippen LogP contribution in [0.2, 0.25) is 0 Å².